The third kappa shape index (κ3) is 5.09. The topological polar surface area (TPSA) is 0 Å². The van der Waals surface area contributed by atoms with Gasteiger partial charge in [-0.25, -0.2) is 0 Å². The van der Waals surface area contributed by atoms with E-state index >= 15 is 0 Å². The Hall–Kier alpha value is -0.0562. The maximum Gasteiger partial charge on any atom is 0.0808 e. The lowest BCUT2D eigenvalue weighted by Crippen LogP contribution is -2.49. The van der Waals surface area contributed by atoms with Crippen LogP contribution in [0.2, 0.25) is 31.4 Å². The Kier molecular flexibility index (Phi) is 7.41. The number of unbranched alkanes of at least 4 members (excludes halogenated alkanes) is 2. The molecular weight excluding hydrogens is 284 g/mol. The minimum atomic E-state index is -1.30. The average Bonchev–Trinajstić information content (AvgIpc) is 2.39. The maximum atomic E-state index is 5.78. The summed E-state index contributed by atoms with van der Waals surface area (Å²) in [5.41, 5.74) is 0. The fraction of sp³-hybridized carbons (Fsp3) is 0.625. The Morgan fingerprint density at radius 1 is 1.05 bits per heavy atom. The van der Waals surface area contributed by atoms with Gasteiger partial charge in [-0.2, -0.15) is 0 Å². The fourth-order valence-corrected chi connectivity index (χ4v) is 14.0. The van der Waals surface area contributed by atoms with Gasteiger partial charge in [0, 0.05) is 14.7 Å². The molecule has 0 radical (unpaired) electrons. The highest BCUT2D eigenvalue weighted by Gasteiger charge is 2.35. The van der Waals surface area contributed by atoms with Crippen LogP contribution in [-0.2, 0) is 0 Å². The molecule has 0 bridgehead atoms. The van der Waals surface area contributed by atoms with Gasteiger partial charge in [-0.15, -0.1) is 11.6 Å². The smallest absolute Gasteiger partial charge is 0.0808 e. The summed E-state index contributed by atoms with van der Waals surface area (Å²) < 4.78 is 0. The van der Waals surface area contributed by atoms with Crippen LogP contribution >= 0.6 is 11.6 Å². The first kappa shape index (κ1) is 17.0. The van der Waals surface area contributed by atoms with Crippen LogP contribution in [0, 0.1) is 0 Å². The van der Waals surface area contributed by atoms with Crippen molar-refractivity contribution in [2.75, 3.05) is 5.88 Å². The second kappa shape index (κ2) is 8.28. The number of halogens is 1. The SMILES string of the molecule is C[SiH](C)C(CCCCCCl)[Si](C)(C)c1ccccc1. The molecule has 1 aromatic rings. The molecular formula is C16H29ClSi2. The lowest BCUT2D eigenvalue weighted by atomic mass is 10.2. The Morgan fingerprint density at radius 3 is 2.21 bits per heavy atom. The van der Waals surface area contributed by atoms with E-state index in [1.54, 1.807) is 5.19 Å². The monoisotopic (exact) mass is 312 g/mol. The molecule has 0 saturated heterocycles. The summed E-state index contributed by atoms with van der Waals surface area (Å²) in [6.45, 7) is 10.2. The average molecular weight is 313 g/mol. The highest BCUT2D eigenvalue weighted by Crippen LogP contribution is 2.30. The van der Waals surface area contributed by atoms with Gasteiger partial charge in [-0.1, -0.05) is 81.0 Å². The normalized spacial score (nSPS) is 13.8. The predicted octanol–water partition coefficient (Wildman–Crippen LogP) is 4.80. The van der Waals surface area contributed by atoms with Gasteiger partial charge in [-0.3, -0.25) is 0 Å². The van der Waals surface area contributed by atoms with Gasteiger partial charge in [0.25, 0.3) is 0 Å². The number of rotatable bonds is 8. The second-order valence-electron chi connectivity index (χ2n) is 6.48. The standard InChI is InChI=1S/C16H29ClSi2/c1-18(2)16(13-9-6-10-14-17)19(3,4)15-11-7-5-8-12-15/h5,7-8,11-12,16,18H,6,9-10,13-14H2,1-4H3. The summed E-state index contributed by atoms with van der Waals surface area (Å²) in [5.74, 6) is 0.823. The third-order valence-corrected chi connectivity index (χ3v) is 15.1. The summed E-state index contributed by atoms with van der Waals surface area (Å²) in [7, 11) is -1.91. The van der Waals surface area contributed by atoms with Crippen LogP contribution in [0.4, 0.5) is 0 Å². The van der Waals surface area contributed by atoms with Crippen molar-refractivity contribution in [3.05, 3.63) is 30.3 Å². The van der Waals surface area contributed by atoms with Crippen LogP contribution < -0.4 is 5.19 Å². The summed E-state index contributed by atoms with van der Waals surface area (Å²) >= 11 is 5.78. The quantitative estimate of drug-likeness (QED) is 0.367. The number of benzene rings is 1. The van der Waals surface area contributed by atoms with Gasteiger partial charge < -0.3 is 0 Å². The molecule has 0 spiro atoms. The maximum absolute atomic E-state index is 5.78. The molecule has 1 unspecified atom stereocenters. The van der Waals surface area contributed by atoms with E-state index < -0.39 is 16.9 Å². The van der Waals surface area contributed by atoms with Gasteiger partial charge in [0.15, 0.2) is 0 Å². The van der Waals surface area contributed by atoms with Crippen LogP contribution in [0.3, 0.4) is 0 Å². The van der Waals surface area contributed by atoms with Crippen molar-refractivity contribution in [2.45, 2.75) is 57.0 Å². The Balaban J connectivity index is 2.74. The van der Waals surface area contributed by atoms with Crippen LogP contribution in [-0.4, -0.2) is 22.8 Å². The van der Waals surface area contributed by atoms with Crippen molar-refractivity contribution in [1.82, 2.24) is 0 Å². The predicted molar refractivity (Wildman–Crippen MR) is 95.4 cm³/mol. The molecule has 0 aliphatic heterocycles. The minimum absolute atomic E-state index is 0.603. The molecule has 0 saturated carbocycles. The van der Waals surface area contributed by atoms with E-state index in [0.717, 1.165) is 11.0 Å². The van der Waals surface area contributed by atoms with Gasteiger partial charge in [0.2, 0.25) is 0 Å². The molecule has 0 N–H and O–H groups in total. The zero-order valence-electron chi connectivity index (χ0n) is 13.0. The van der Waals surface area contributed by atoms with Crippen LogP contribution in [0.5, 0.6) is 0 Å². The molecule has 0 fully saturated rings. The third-order valence-electron chi connectivity index (χ3n) is 4.40. The summed E-state index contributed by atoms with van der Waals surface area (Å²) in [5, 5.41) is 2.64. The van der Waals surface area contributed by atoms with Crippen LogP contribution in [0.15, 0.2) is 30.3 Å². The van der Waals surface area contributed by atoms with E-state index in [2.05, 4.69) is 56.5 Å². The lowest BCUT2D eigenvalue weighted by molar-refractivity contribution is 0.682. The van der Waals surface area contributed by atoms with Gasteiger partial charge in [0.05, 0.1) is 8.07 Å². The fourth-order valence-electron chi connectivity index (χ4n) is 3.24. The molecule has 0 amide bonds. The van der Waals surface area contributed by atoms with Gasteiger partial charge in [0.1, 0.15) is 0 Å². The molecule has 0 heterocycles. The van der Waals surface area contributed by atoms with Crippen molar-refractivity contribution >= 4 is 33.7 Å². The highest BCUT2D eigenvalue weighted by atomic mass is 35.5. The van der Waals surface area contributed by atoms with Crippen molar-refractivity contribution in [1.29, 1.82) is 0 Å². The van der Waals surface area contributed by atoms with E-state index in [9.17, 15) is 0 Å². The number of hydrogen-bond donors (Lipinski definition) is 0. The molecule has 0 aliphatic carbocycles. The molecule has 1 aromatic carbocycles. The Bertz CT molecular complexity index is 349. The minimum Gasteiger partial charge on any atom is -0.127 e. The molecule has 108 valence electrons. The highest BCUT2D eigenvalue weighted by molar-refractivity contribution is 6.98. The summed E-state index contributed by atoms with van der Waals surface area (Å²) in [6, 6.07) is 11.3. The second-order valence-corrected chi connectivity index (χ2v) is 15.6. The molecule has 0 aliphatic rings. The molecule has 3 heteroatoms. The molecule has 1 atom stereocenters. The molecule has 19 heavy (non-hydrogen) atoms. The van der Waals surface area contributed by atoms with Gasteiger partial charge >= 0.3 is 0 Å². The molecule has 1 rings (SSSR count). The zero-order chi connectivity index (χ0) is 14.3. The lowest BCUT2D eigenvalue weighted by Gasteiger charge is -2.35. The molecule has 0 aromatic heterocycles. The van der Waals surface area contributed by atoms with E-state index in [4.69, 9.17) is 11.6 Å². The summed E-state index contributed by atoms with van der Waals surface area (Å²) in [4.78, 5) is 0. The number of hydrogen-bond acceptors (Lipinski definition) is 0. The van der Waals surface area contributed by atoms with E-state index in [1.807, 2.05) is 0 Å². The van der Waals surface area contributed by atoms with E-state index in [1.165, 1.54) is 25.7 Å². The van der Waals surface area contributed by atoms with Crippen LogP contribution in [0.1, 0.15) is 25.7 Å². The van der Waals surface area contributed by atoms with Crippen molar-refractivity contribution in [2.24, 2.45) is 0 Å². The van der Waals surface area contributed by atoms with Crippen LogP contribution in [0.25, 0.3) is 0 Å². The Morgan fingerprint density at radius 2 is 1.68 bits per heavy atom. The largest absolute Gasteiger partial charge is 0.127 e. The first-order chi connectivity index (χ1) is 9.00. The first-order valence-corrected chi connectivity index (χ1v) is 14.2. The zero-order valence-corrected chi connectivity index (χ0v) is 15.9. The van der Waals surface area contributed by atoms with E-state index in [0.29, 0.717) is 0 Å². The van der Waals surface area contributed by atoms with Crippen molar-refractivity contribution in [3.8, 4) is 0 Å². The van der Waals surface area contributed by atoms with Crippen molar-refractivity contribution < 1.29 is 0 Å². The van der Waals surface area contributed by atoms with Gasteiger partial charge in [-0.05, 0) is 11.6 Å². The number of alkyl halides is 1. The molecule has 0 nitrogen and oxygen atoms in total. The summed E-state index contributed by atoms with van der Waals surface area (Å²) in [6.07, 6.45) is 5.28. The first-order valence-electron chi connectivity index (χ1n) is 7.61. The Labute approximate surface area is 127 Å². The van der Waals surface area contributed by atoms with E-state index in [-0.39, 0.29) is 0 Å². The van der Waals surface area contributed by atoms with Crippen molar-refractivity contribution in [3.63, 3.8) is 0 Å².